The van der Waals surface area contributed by atoms with E-state index in [2.05, 4.69) is 205 Å². The van der Waals surface area contributed by atoms with Crippen molar-refractivity contribution >= 4 is 28.0 Å². The number of para-hydroxylation sites is 3. The van der Waals surface area contributed by atoms with Crippen molar-refractivity contribution in [2.75, 3.05) is 4.90 Å². The molecule has 0 atom stereocenters. The third-order valence-corrected chi connectivity index (χ3v) is 9.70. The third-order valence-electron chi connectivity index (χ3n) is 9.70. The summed E-state index contributed by atoms with van der Waals surface area (Å²) in [6.45, 7) is 0. The molecule has 0 radical (unpaired) electrons. The van der Waals surface area contributed by atoms with Gasteiger partial charge in [-0.1, -0.05) is 176 Å². The predicted octanol–water partition coefficient (Wildman–Crippen LogP) is 14.2. The molecule has 0 aliphatic rings. The third kappa shape index (κ3) is 5.87. The van der Waals surface area contributed by atoms with Gasteiger partial charge in [0.05, 0.1) is 11.4 Å². The average Bonchev–Trinajstić information content (AvgIpc) is 3.63. The zero-order valence-electron chi connectivity index (χ0n) is 28.6. The van der Waals surface area contributed by atoms with Crippen LogP contribution in [0, 0.1) is 0 Å². The maximum absolute atomic E-state index is 6.57. The molecule has 0 bridgehead atoms. The van der Waals surface area contributed by atoms with Crippen molar-refractivity contribution in [2.24, 2.45) is 0 Å². The highest BCUT2D eigenvalue weighted by molar-refractivity contribution is 6.02. The summed E-state index contributed by atoms with van der Waals surface area (Å²) in [7, 11) is 0. The highest BCUT2D eigenvalue weighted by Gasteiger charge is 2.21. The molecule has 0 saturated carbocycles. The lowest BCUT2D eigenvalue weighted by atomic mass is 9.96. The van der Waals surface area contributed by atoms with Gasteiger partial charge in [-0.3, -0.25) is 0 Å². The zero-order chi connectivity index (χ0) is 34.7. The van der Waals surface area contributed by atoms with E-state index < -0.39 is 0 Å². The van der Waals surface area contributed by atoms with Gasteiger partial charge in [0.2, 0.25) is 0 Å². The van der Waals surface area contributed by atoms with Crippen molar-refractivity contribution in [2.45, 2.75) is 0 Å². The van der Waals surface area contributed by atoms with Crippen LogP contribution in [0.2, 0.25) is 0 Å². The Labute approximate surface area is 304 Å². The Kier molecular flexibility index (Phi) is 8.24. The number of fused-ring (bicyclic) bond motifs is 1. The first kappa shape index (κ1) is 31.1. The summed E-state index contributed by atoms with van der Waals surface area (Å²) in [5.74, 6) is 0.882. The first-order valence-corrected chi connectivity index (χ1v) is 17.7. The minimum absolute atomic E-state index is 0.882. The van der Waals surface area contributed by atoms with Gasteiger partial charge >= 0.3 is 0 Å². The van der Waals surface area contributed by atoms with Crippen molar-refractivity contribution in [1.82, 2.24) is 0 Å². The highest BCUT2D eigenvalue weighted by atomic mass is 16.3. The summed E-state index contributed by atoms with van der Waals surface area (Å²) in [5, 5.41) is 1.12. The van der Waals surface area contributed by atoms with Gasteiger partial charge in [0.1, 0.15) is 11.3 Å². The average molecular weight is 666 g/mol. The minimum atomic E-state index is 0.882. The summed E-state index contributed by atoms with van der Waals surface area (Å²) in [6.07, 6.45) is 0. The molecular formula is C50H35NO. The second-order valence-corrected chi connectivity index (χ2v) is 12.9. The van der Waals surface area contributed by atoms with Crippen LogP contribution < -0.4 is 4.90 Å². The molecule has 0 unspecified atom stereocenters. The lowest BCUT2D eigenvalue weighted by Crippen LogP contribution is -2.12. The van der Waals surface area contributed by atoms with Crippen molar-refractivity contribution in [1.29, 1.82) is 0 Å². The Hall–Kier alpha value is -6.90. The molecule has 0 fully saturated rings. The van der Waals surface area contributed by atoms with E-state index in [4.69, 9.17) is 4.42 Å². The van der Waals surface area contributed by atoms with E-state index in [-0.39, 0.29) is 0 Å². The quantitative estimate of drug-likeness (QED) is 0.161. The van der Waals surface area contributed by atoms with Crippen LogP contribution in [0.5, 0.6) is 0 Å². The fourth-order valence-electron chi connectivity index (χ4n) is 7.25. The molecule has 2 heteroatoms. The molecule has 0 spiro atoms. The molecule has 0 saturated heterocycles. The van der Waals surface area contributed by atoms with Crippen LogP contribution in [0.3, 0.4) is 0 Å². The molecule has 0 N–H and O–H groups in total. The van der Waals surface area contributed by atoms with Gasteiger partial charge in [0.15, 0.2) is 0 Å². The molecule has 8 aromatic carbocycles. The van der Waals surface area contributed by atoms with Gasteiger partial charge in [-0.15, -0.1) is 0 Å². The Morgan fingerprint density at radius 2 is 0.808 bits per heavy atom. The molecular weight excluding hydrogens is 631 g/mol. The molecule has 9 aromatic rings. The molecule has 0 aliphatic carbocycles. The van der Waals surface area contributed by atoms with Gasteiger partial charge in [-0.2, -0.15) is 0 Å². The van der Waals surface area contributed by atoms with Crippen molar-refractivity contribution in [3.05, 3.63) is 212 Å². The van der Waals surface area contributed by atoms with E-state index >= 15 is 0 Å². The SMILES string of the molecule is c1ccc(-c2ccccc2N(c2ccc(-c3cccc(-c4oc5ccccc5c4-c4ccccc4)c3)cc2)c2ccccc2-c2ccccc2)cc1. The molecule has 9 rings (SSSR count). The summed E-state index contributed by atoms with van der Waals surface area (Å²) < 4.78 is 6.57. The fourth-order valence-corrected chi connectivity index (χ4v) is 7.25. The molecule has 1 heterocycles. The second kappa shape index (κ2) is 13.8. The molecule has 52 heavy (non-hydrogen) atoms. The first-order valence-electron chi connectivity index (χ1n) is 17.7. The van der Waals surface area contributed by atoms with E-state index in [0.717, 1.165) is 61.6 Å². The Balaban J connectivity index is 1.16. The van der Waals surface area contributed by atoms with Gasteiger partial charge in [-0.05, 0) is 64.2 Å². The molecule has 2 nitrogen and oxygen atoms in total. The predicted molar refractivity (Wildman–Crippen MR) is 218 cm³/mol. The van der Waals surface area contributed by atoms with Crippen LogP contribution in [0.4, 0.5) is 17.1 Å². The number of hydrogen-bond donors (Lipinski definition) is 0. The maximum Gasteiger partial charge on any atom is 0.143 e. The number of hydrogen-bond acceptors (Lipinski definition) is 2. The van der Waals surface area contributed by atoms with Crippen LogP contribution in [0.25, 0.3) is 66.8 Å². The number of furan rings is 1. The highest BCUT2D eigenvalue weighted by Crippen LogP contribution is 2.45. The van der Waals surface area contributed by atoms with Gasteiger partial charge in [-0.25, -0.2) is 0 Å². The number of benzene rings is 8. The second-order valence-electron chi connectivity index (χ2n) is 12.9. The van der Waals surface area contributed by atoms with E-state index in [1.165, 1.54) is 22.3 Å². The van der Waals surface area contributed by atoms with E-state index in [9.17, 15) is 0 Å². The Bertz CT molecular complexity index is 2520. The van der Waals surface area contributed by atoms with E-state index in [1.807, 2.05) is 12.1 Å². The van der Waals surface area contributed by atoms with Crippen LogP contribution in [0.1, 0.15) is 0 Å². The van der Waals surface area contributed by atoms with Gasteiger partial charge in [0, 0.05) is 33.3 Å². The molecule has 1 aromatic heterocycles. The summed E-state index contributed by atoms with van der Waals surface area (Å²) in [5.41, 5.74) is 14.5. The number of rotatable bonds is 8. The number of anilines is 3. The Morgan fingerprint density at radius 3 is 1.42 bits per heavy atom. The summed E-state index contributed by atoms with van der Waals surface area (Å²) in [4.78, 5) is 2.39. The van der Waals surface area contributed by atoms with Crippen LogP contribution in [-0.2, 0) is 0 Å². The van der Waals surface area contributed by atoms with E-state index in [0.29, 0.717) is 0 Å². The lowest BCUT2D eigenvalue weighted by Gasteiger charge is -2.30. The maximum atomic E-state index is 6.57. The smallest absolute Gasteiger partial charge is 0.143 e. The summed E-state index contributed by atoms with van der Waals surface area (Å²) >= 11 is 0. The van der Waals surface area contributed by atoms with Crippen LogP contribution in [-0.4, -0.2) is 0 Å². The van der Waals surface area contributed by atoms with Crippen LogP contribution >= 0.6 is 0 Å². The van der Waals surface area contributed by atoms with Crippen LogP contribution in [0.15, 0.2) is 217 Å². The lowest BCUT2D eigenvalue weighted by molar-refractivity contribution is 0.632. The normalized spacial score (nSPS) is 11.1. The molecule has 0 aliphatic heterocycles. The summed E-state index contributed by atoms with van der Waals surface area (Å²) in [6, 6.07) is 75.1. The molecule has 246 valence electrons. The van der Waals surface area contributed by atoms with Gasteiger partial charge in [0.25, 0.3) is 0 Å². The minimum Gasteiger partial charge on any atom is -0.455 e. The fraction of sp³-hybridized carbons (Fsp3) is 0. The van der Waals surface area contributed by atoms with Crippen molar-refractivity contribution < 1.29 is 4.42 Å². The standard InChI is InChI=1S/C50H35NO/c1-4-17-37(18-5-1)43-25-10-13-28-46(43)51(47-29-14-11-26-44(47)38-19-6-2-7-20-38)42-33-31-36(32-34-42)40-23-16-24-41(35-40)50-49(39-21-8-3-9-22-39)45-27-12-15-30-48(45)52-50/h1-35H. The zero-order valence-corrected chi connectivity index (χ0v) is 28.6. The number of nitrogens with zero attached hydrogens (tertiary/aromatic N) is 1. The van der Waals surface area contributed by atoms with E-state index in [1.54, 1.807) is 0 Å². The first-order chi connectivity index (χ1) is 25.8. The Morgan fingerprint density at radius 1 is 0.327 bits per heavy atom. The van der Waals surface area contributed by atoms with Crippen molar-refractivity contribution in [3.8, 4) is 55.8 Å². The monoisotopic (exact) mass is 665 g/mol. The largest absolute Gasteiger partial charge is 0.455 e. The topological polar surface area (TPSA) is 16.4 Å². The molecule has 0 amide bonds. The van der Waals surface area contributed by atoms with Crippen molar-refractivity contribution in [3.63, 3.8) is 0 Å². The van der Waals surface area contributed by atoms with Gasteiger partial charge < -0.3 is 9.32 Å².